The summed E-state index contributed by atoms with van der Waals surface area (Å²) in [6.45, 7) is 12.4. The fourth-order valence-electron chi connectivity index (χ4n) is 4.24. The minimum Gasteiger partial charge on any atom is -0.507 e. The fraction of sp³-hybridized carbons (Fsp3) is 0.290. The second kappa shape index (κ2) is 12.8. The highest BCUT2D eigenvalue weighted by Crippen LogP contribution is 2.30. The van der Waals surface area contributed by atoms with Gasteiger partial charge in [0.05, 0.1) is 12.0 Å². The van der Waals surface area contributed by atoms with E-state index in [4.69, 9.17) is 0 Å². The summed E-state index contributed by atoms with van der Waals surface area (Å²) in [6.07, 6.45) is 1.44. The smallest absolute Gasteiger partial charge is 0.250 e. The van der Waals surface area contributed by atoms with Crippen molar-refractivity contribution in [3.8, 4) is 22.8 Å². The topological polar surface area (TPSA) is 95.6 Å². The summed E-state index contributed by atoms with van der Waals surface area (Å²) in [5, 5.41) is 23.9. The Morgan fingerprint density at radius 3 is 2.35 bits per heavy atom. The quantitative estimate of drug-likeness (QED) is 0.141. The number of amides is 1. The molecule has 4 rings (SSSR count). The van der Waals surface area contributed by atoms with E-state index in [-0.39, 0.29) is 22.8 Å². The number of benzene rings is 3. The average Bonchev–Trinajstić information content (AvgIpc) is 3.38. The van der Waals surface area contributed by atoms with Crippen LogP contribution in [0.1, 0.15) is 45.7 Å². The number of nitrogens with zero attached hydrogens (tertiary/aromatic N) is 5. The first-order chi connectivity index (χ1) is 19.2. The van der Waals surface area contributed by atoms with Crippen LogP contribution < -0.4 is 10.3 Å². The molecule has 0 spiro atoms. The molecule has 0 aliphatic carbocycles. The Bertz CT molecular complexity index is 1460. The van der Waals surface area contributed by atoms with E-state index < -0.39 is 0 Å². The number of hydrazone groups is 1. The molecule has 8 nitrogen and oxygen atoms in total. The molecule has 2 N–H and O–H groups in total. The second-order valence-electron chi connectivity index (χ2n) is 10.3. The number of aromatic nitrogens is 3. The van der Waals surface area contributed by atoms with Gasteiger partial charge in [0.1, 0.15) is 5.75 Å². The molecule has 0 aliphatic rings. The molecule has 0 bridgehead atoms. The van der Waals surface area contributed by atoms with Gasteiger partial charge >= 0.3 is 0 Å². The van der Waals surface area contributed by atoms with Gasteiger partial charge in [0.25, 0.3) is 5.91 Å². The highest BCUT2D eigenvalue weighted by molar-refractivity contribution is 7.99. The Morgan fingerprint density at radius 2 is 1.73 bits per heavy atom. The summed E-state index contributed by atoms with van der Waals surface area (Å²) in [6, 6.07) is 23.6. The zero-order valence-electron chi connectivity index (χ0n) is 23.6. The molecule has 1 aromatic heterocycles. The summed E-state index contributed by atoms with van der Waals surface area (Å²) in [5.74, 6) is 0.615. The van der Waals surface area contributed by atoms with Crippen LogP contribution in [-0.2, 0) is 10.2 Å². The van der Waals surface area contributed by atoms with Crippen molar-refractivity contribution in [1.29, 1.82) is 0 Å². The van der Waals surface area contributed by atoms with Crippen LogP contribution >= 0.6 is 11.8 Å². The summed E-state index contributed by atoms with van der Waals surface area (Å²) in [7, 11) is 0. The summed E-state index contributed by atoms with van der Waals surface area (Å²) < 4.78 is 1.96. The number of nitrogens with one attached hydrogen (secondary N) is 1. The van der Waals surface area contributed by atoms with Crippen molar-refractivity contribution >= 4 is 29.6 Å². The van der Waals surface area contributed by atoms with Gasteiger partial charge in [0, 0.05) is 41.7 Å². The third kappa shape index (κ3) is 6.90. The van der Waals surface area contributed by atoms with E-state index in [2.05, 4.69) is 84.5 Å². The van der Waals surface area contributed by atoms with Gasteiger partial charge < -0.3 is 10.0 Å². The highest BCUT2D eigenvalue weighted by Gasteiger charge is 2.19. The van der Waals surface area contributed by atoms with Gasteiger partial charge in [0.15, 0.2) is 11.0 Å². The molecule has 1 heterocycles. The van der Waals surface area contributed by atoms with Gasteiger partial charge in [-0.1, -0.05) is 75.0 Å². The van der Waals surface area contributed by atoms with Crippen molar-refractivity contribution in [3.63, 3.8) is 0 Å². The van der Waals surface area contributed by atoms with E-state index in [0.29, 0.717) is 16.5 Å². The number of carbonyl (C=O) groups is 1. The van der Waals surface area contributed by atoms with E-state index in [1.54, 1.807) is 12.1 Å². The highest BCUT2D eigenvalue weighted by atomic mass is 32.2. The predicted molar refractivity (Wildman–Crippen MR) is 164 cm³/mol. The van der Waals surface area contributed by atoms with Crippen LogP contribution in [0.3, 0.4) is 0 Å². The Balaban J connectivity index is 1.46. The lowest BCUT2D eigenvalue weighted by atomic mass is 9.87. The van der Waals surface area contributed by atoms with Gasteiger partial charge in [-0.15, -0.1) is 10.2 Å². The first-order valence-electron chi connectivity index (χ1n) is 13.4. The van der Waals surface area contributed by atoms with Gasteiger partial charge in [-0.05, 0) is 49.1 Å². The number of anilines is 1. The number of phenols is 1. The van der Waals surface area contributed by atoms with Crippen LogP contribution in [0.5, 0.6) is 5.75 Å². The molecule has 0 aliphatic heterocycles. The third-order valence-electron chi connectivity index (χ3n) is 6.52. The number of rotatable bonds is 10. The van der Waals surface area contributed by atoms with Crippen LogP contribution in [-0.4, -0.2) is 50.8 Å². The van der Waals surface area contributed by atoms with E-state index in [1.165, 1.54) is 23.5 Å². The SMILES string of the molecule is CCN(CC)c1ccc(/C=N\NC(=O)CSc2nnc(-c3ccc(C(C)(C)C)cc3)n2-c2ccccc2)c(O)c1. The standard InChI is InChI=1S/C31H36N6O2S/c1-6-36(7-2)26-18-15-23(27(38)19-26)20-32-33-28(39)21-40-30-35-34-29(37(30)25-11-9-8-10-12-25)22-13-16-24(17-14-22)31(3,4)5/h8-20,38H,6-7,21H2,1-5H3,(H,33,39)/b32-20-. The molecule has 0 unspecified atom stereocenters. The first kappa shape index (κ1) is 28.9. The lowest BCUT2D eigenvalue weighted by molar-refractivity contribution is -0.118. The van der Waals surface area contributed by atoms with E-state index in [1.807, 2.05) is 41.0 Å². The minimum atomic E-state index is -0.292. The van der Waals surface area contributed by atoms with Gasteiger partial charge in [-0.2, -0.15) is 5.10 Å². The number of carbonyl (C=O) groups excluding carboxylic acids is 1. The molecule has 4 aromatic rings. The van der Waals surface area contributed by atoms with E-state index in [0.717, 1.165) is 30.0 Å². The molecule has 0 fully saturated rings. The third-order valence-corrected chi connectivity index (χ3v) is 7.45. The van der Waals surface area contributed by atoms with Crippen LogP contribution in [0.25, 0.3) is 17.1 Å². The lowest BCUT2D eigenvalue weighted by Crippen LogP contribution is -2.21. The van der Waals surface area contributed by atoms with Crippen molar-refractivity contribution in [1.82, 2.24) is 20.2 Å². The van der Waals surface area contributed by atoms with Crippen LogP contribution in [0.2, 0.25) is 0 Å². The monoisotopic (exact) mass is 556 g/mol. The van der Waals surface area contributed by atoms with Crippen molar-refractivity contribution in [2.45, 2.75) is 45.2 Å². The summed E-state index contributed by atoms with van der Waals surface area (Å²) in [4.78, 5) is 14.7. The number of thioether (sulfide) groups is 1. The maximum absolute atomic E-state index is 12.6. The van der Waals surface area contributed by atoms with Crippen LogP contribution in [0.4, 0.5) is 5.69 Å². The van der Waals surface area contributed by atoms with Crippen molar-refractivity contribution in [2.75, 3.05) is 23.7 Å². The normalized spacial score (nSPS) is 11.6. The van der Waals surface area contributed by atoms with Gasteiger partial charge in [0.2, 0.25) is 0 Å². The predicted octanol–water partition coefficient (Wildman–Crippen LogP) is 6.03. The van der Waals surface area contributed by atoms with Gasteiger partial charge in [-0.25, -0.2) is 5.43 Å². The number of aromatic hydroxyl groups is 1. The molecule has 0 saturated heterocycles. The molecular weight excluding hydrogens is 520 g/mol. The molecule has 9 heteroatoms. The number of hydrogen-bond acceptors (Lipinski definition) is 7. The van der Waals surface area contributed by atoms with E-state index in [9.17, 15) is 9.90 Å². The zero-order valence-corrected chi connectivity index (χ0v) is 24.4. The molecule has 0 saturated carbocycles. The fourth-order valence-corrected chi connectivity index (χ4v) is 4.99. The van der Waals surface area contributed by atoms with Crippen LogP contribution in [0.15, 0.2) is 83.1 Å². The van der Waals surface area contributed by atoms with Crippen molar-refractivity contribution in [3.05, 3.63) is 83.9 Å². The number of para-hydroxylation sites is 1. The lowest BCUT2D eigenvalue weighted by Gasteiger charge is -2.21. The van der Waals surface area contributed by atoms with Crippen LogP contribution in [0, 0.1) is 0 Å². The largest absolute Gasteiger partial charge is 0.507 e. The molecule has 208 valence electrons. The summed E-state index contributed by atoms with van der Waals surface area (Å²) in [5.41, 5.74) is 7.14. The second-order valence-corrected chi connectivity index (χ2v) is 11.2. The van der Waals surface area contributed by atoms with Crippen molar-refractivity contribution < 1.29 is 9.90 Å². The molecule has 0 radical (unpaired) electrons. The molecule has 1 amide bonds. The maximum atomic E-state index is 12.6. The average molecular weight is 557 g/mol. The Hall–Kier alpha value is -4.11. The summed E-state index contributed by atoms with van der Waals surface area (Å²) >= 11 is 1.28. The number of hydrogen-bond donors (Lipinski definition) is 2. The Labute approximate surface area is 240 Å². The molecule has 3 aromatic carbocycles. The number of phenolic OH excluding ortho intramolecular Hbond substituents is 1. The maximum Gasteiger partial charge on any atom is 0.250 e. The first-order valence-corrected chi connectivity index (χ1v) is 14.3. The molecular formula is C31H36N6O2S. The van der Waals surface area contributed by atoms with E-state index >= 15 is 0 Å². The zero-order chi connectivity index (χ0) is 28.7. The Kier molecular flexibility index (Phi) is 9.26. The Morgan fingerprint density at radius 1 is 1.02 bits per heavy atom. The van der Waals surface area contributed by atoms with Crippen molar-refractivity contribution in [2.24, 2.45) is 5.10 Å². The molecule has 0 atom stereocenters. The molecule has 40 heavy (non-hydrogen) atoms. The van der Waals surface area contributed by atoms with Gasteiger partial charge in [-0.3, -0.25) is 9.36 Å². The minimum absolute atomic E-state index is 0.0516.